The summed E-state index contributed by atoms with van der Waals surface area (Å²) in [5.41, 5.74) is 5.49. The lowest BCUT2D eigenvalue weighted by Crippen LogP contribution is -2.22. The van der Waals surface area contributed by atoms with Crippen LogP contribution < -0.4 is 5.32 Å². The highest BCUT2D eigenvalue weighted by Crippen LogP contribution is 2.29. The first-order valence-electron chi connectivity index (χ1n) is 8.02. The Bertz CT molecular complexity index is 598. The summed E-state index contributed by atoms with van der Waals surface area (Å²) in [4.78, 5) is 0. The van der Waals surface area contributed by atoms with Crippen molar-refractivity contribution in [1.82, 2.24) is 5.32 Å². The third kappa shape index (κ3) is 3.38. The van der Waals surface area contributed by atoms with Gasteiger partial charge in [0.15, 0.2) is 0 Å². The zero-order valence-electron chi connectivity index (χ0n) is 13.9. The van der Waals surface area contributed by atoms with Gasteiger partial charge in [0.05, 0.1) is 6.04 Å². The second-order valence-electron chi connectivity index (χ2n) is 5.59. The normalized spacial score (nSPS) is 12.6. The van der Waals surface area contributed by atoms with Crippen molar-refractivity contribution >= 4 is 0 Å². The maximum atomic E-state index is 5.72. The van der Waals surface area contributed by atoms with Gasteiger partial charge in [0.1, 0.15) is 11.5 Å². The number of aryl methyl sites for hydroxylation is 4. The molecule has 0 aliphatic carbocycles. The smallest absolute Gasteiger partial charge is 0.106 e. The molecule has 1 aromatic heterocycles. The lowest BCUT2D eigenvalue weighted by atomic mass is 9.93. The maximum Gasteiger partial charge on any atom is 0.106 e. The Morgan fingerprint density at radius 2 is 1.71 bits per heavy atom. The fourth-order valence-corrected chi connectivity index (χ4v) is 3.05. The van der Waals surface area contributed by atoms with Crippen LogP contribution in [0.5, 0.6) is 0 Å². The zero-order valence-corrected chi connectivity index (χ0v) is 13.9. The Labute approximate surface area is 128 Å². The average molecular weight is 285 g/mol. The van der Waals surface area contributed by atoms with E-state index in [0.717, 1.165) is 30.9 Å². The van der Waals surface area contributed by atoms with E-state index in [4.69, 9.17) is 4.42 Å². The van der Waals surface area contributed by atoms with E-state index in [9.17, 15) is 0 Å². The van der Waals surface area contributed by atoms with Crippen LogP contribution in [0.15, 0.2) is 28.7 Å². The van der Waals surface area contributed by atoms with Crippen molar-refractivity contribution in [3.8, 4) is 0 Å². The fourth-order valence-electron chi connectivity index (χ4n) is 3.05. The molecule has 0 radical (unpaired) electrons. The summed E-state index contributed by atoms with van der Waals surface area (Å²) in [6.45, 7) is 11.6. The van der Waals surface area contributed by atoms with E-state index in [-0.39, 0.29) is 6.04 Å². The van der Waals surface area contributed by atoms with Crippen molar-refractivity contribution in [2.75, 3.05) is 6.54 Å². The first-order chi connectivity index (χ1) is 10.1. The lowest BCUT2D eigenvalue weighted by molar-refractivity contribution is 0.495. The molecule has 1 aromatic carbocycles. The standard InChI is InChI=1S/C19H27NO/c1-6-15-9-10-17(12-16(15)7-2)19(20-8-3)18-11-13(4)21-14(18)5/h9-12,19-20H,6-8H2,1-5H3. The van der Waals surface area contributed by atoms with E-state index in [0.29, 0.717) is 0 Å². The van der Waals surface area contributed by atoms with Crippen molar-refractivity contribution in [2.24, 2.45) is 0 Å². The highest BCUT2D eigenvalue weighted by atomic mass is 16.3. The predicted octanol–water partition coefficient (Wildman–Crippen LogP) is 4.72. The molecule has 0 bridgehead atoms. The van der Waals surface area contributed by atoms with Crippen LogP contribution >= 0.6 is 0 Å². The molecule has 0 saturated heterocycles. The summed E-state index contributed by atoms with van der Waals surface area (Å²) in [6.07, 6.45) is 2.18. The first kappa shape index (κ1) is 15.8. The van der Waals surface area contributed by atoms with Crippen LogP contribution in [0.2, 0.25) is 0 Å². The van der Waals surface area contributed by atoms with E-state index >= 15 is 0 Å². The SMILES string of the molecule is CCNC(c1ccc(CC)c(CC)c1)c1cc(C)oc1C. The fraction of sp³-hybridized carbons (Fsp3) is 0.474. The molecule has 0 aliphatic heterocycles. The molecular weight excluding hydrogens is 258 g/mol. The van der Waals surface area contributed by atoms with Crippen LogP contribution in [0.3, 0.4) is 0 Å². The van der Waals surface area contributed by atoms with Crippen molar-refractivity contribution < 1.29 is 4.42 Å². The first-order valence-corrected chi connectivity index (χ1v) is 8.02. The van der Waals surface area contributed by atoms with Gasteiger partial charge in [-0.25, -0.2) is 0 Å². The van der Waals surface area contributed by atoms with Crippen LogP contribution in [0.1, 0.15) is 60.6 Å². The van der Waals surface area contributed by atoms with Gasteiger partial charge in [0, 0.05) is 5.56 Å². The topological polar surface area (TPSA) is 25.2 Å². The van der Waals surface area contributed by atoms with Crippen molar-refractivity contribution in [3.05, 3.63) is 58.0 Å². The number of rotatable bonds is 6. The van der Waals surface area contributed by atoms with Gasteiger partial charge in [-0.15, -0.1) is 0 Å². The quantitative estimate of drug-likeness (QED) is 0.830. The second-order valence-corrected chi connectivity index (χ2v) is 5.59. The minimum Gasteiger partial charge on any atom is -0.466 e. The summed E-state index contributed by atoms with van der Waals surface area (Å²) in [5.74, 6) is 1.99. The second kappa shape index (κ2) is 6.95. The third-order valence-electron chi connectivity index (χ3n) is 4.12. The number of hydrogen-bond acceptors (Lipinski definition) is 2. The lowest BCUT2D eigenvalue weighted by Gasteiger charge is -2.20. The van der Waals surface area contributed by atoms with E-state index < -0.39 is 0 Å². The van der Waals surface area contributed by atoms with Crippen LogP contribution in [0.25, 0.3) is 0 Å². The molecule has 0 fully saturated rings. The molecule has 2 aromatic rings. The minimum atomic E-state index is 0.212. The number of nitrogens with one attached hydrogen (secondary N) is 1. The Morgan fingerprint density at radius 3 is 2.24 bits per heavy atom. The van der Waals surface area contributed by atoms with Gasteiger partial charge < -0.3 is 9.73 Å². The molecule has 2 nitrogen and oxygen atoms in total. The van der Waals surface area contributed by atoms with Crippen LogP contribution in [-0.4, -0.2) is 6.54 Å². The van der Waals surface area contributed by atoms with Gasteiger partial charge in [-0.1, -0.05) is 39.0 Å². The summed E-state index contributed by atoms with van der Waals surface area (Å²) < 4.78 is 5.72. The highest BCUT2D eigenvalue weighted by Gasteiger charge is 2.19. The van der Waals surface area contributed by atoms with Crippen LogP contribution in [0.4, 0.5) is 0 Å². The number of furan rings is 1. The van der Waals surface area contributed by atoms with Gasteiger partial charge in [-0.2, -0.15) is 0 Å². The largest absolute Gasteiger partial charge is 0.466 e. The molecule has 1 unspecified atom stereocenters. The van der Waals surface area contributed by atoms with Gasteiger partial charge in [-0.05, 0) is 56.0 Å². The van der Waals surface area contributed by atoms with Crippen molar-refractivity contribution in [1.29, 1.82) is 0 Å². The van der Waals surface area contributed by atoms with Crippen LogP contribution in [0, 0.1) is 13.8 Å². The predicted molar refractivity (Wildman–Crippen MR) is 88.9 cm³/mol. The molecule has 114 valence electrons. The van der Waals surface area contributed by atoms with E-state index in [1.54, 1.807) is 0 Å². The average Bonchev–Trinajstić information content (AvgIpc) is 2.82. The van der Waals surface area contributed by atoms with Gasteiger partial charge in [0.2, 0.25) is 0 Å². The third-order valence-corrected chi connectivity index (χ3v) is 4.12. The van der Waals surface area contributed by atoms with Gasteiger partial charge in [0.25, 0.3) is 0 Å². The summed E-state index contributed by atoms with van der Waals surface area (Å²) in [5, 5.41) is 3.60. The molecule has 1 N–H and O–H groups in total. The molecule has 1 atom stereocenters. The Kier molecular flexibility index (Phi) is 5.24. The van der Waals surface area contributed by atoms with E-state index in [1.807, 2.05) is 13.8 Å². The van der Waals surface area contributed by atoms with Crippen molar-refractivity contribution in [2.45, 2.75) is 53.5 Å². The molecule has 2 heteroatoms. The summed E-state index contributed by atoms with van der Waals surface area (Å²) >= 11 is 0. The van der Waals surface area contributed by atoms with Gasteiger partial charge in [-0.3, -0.25) is 0 Å². The molecule has 1 heterocycles. The highest BCUT2D eigenvalue weighted by molar-refractivity contribution is 5.39. The van der Waals surface area contributed by atoms with Crippen molar-refractivity contribution in [3.63, 3.8) is 0 Å². The summed E-state index contributed by atoms with van der Waals surface area (Å²) in [6, 6.07) is 9.26. The molecule has 0 amide bonds. The molecule has 0 aliphatic rings. The number of benzene rings is 1. The molecule has 0 spiro atoms. The Balaban J connectivity index is 2.45. The van der Waals surface area contributed by atoms with E-state index in [2.05, 4.69) is 50.4 Å². The summed E-state index contributed by atoms with van der Waals surface area (Å²) in [7, 11) is 0. The van der Waals surface area contributed by atoms with E-state index in [1.165, 1.54) is 22.3 Å². The zero-order chi connectivity index (χ0) is 15.4. The molecule has 0 saturated carbocycles. The Hall–Kier alpha value is -1.54. The van der Waals surface area contributed by atoms with Crippen LogP contribution in [-0.2, 0) is 12.8 Å². The monoisotopic (exact) mass is 285 g/mol. The molecule has 21 heavy (non-hydrogen) atoms. The van der Waals surface area contributed by atoms with Gasteiger partial charge >= 0.3 is 0 Å². The Morgan fingerprint density at radius 1 is 1.00 bits per heavy atom. The minimum absolute atomic E-state index is 0.212. The molecule has 2 rings (SSSR count). The maximum absolute atomic E-state index is 5.72. The number of hydrogen-bond donors (Lipinski definition) is 1. The molecular formula is C19H27NO.